The van der Waals surface area contributed by atoms with E-state index in [0.29, 0.717) is 0 Å². The van der Waals surface area contributed by atoms with E-state index in [9.17, 15) is 0 Å². The maximum absolute atomic E-state index is 4.50. The Morgan fingerprint density at radius 3 is 2.27 bits per heavy atom. The van der Waals surface area contributed by atoms with Gasteiger partial charge in [-0.05, 0) is 32.7 Å². The average Bonchev–Trinajstić information content (AvgIpc) is 2.21. The molecule has 0 aromatic carbocycles. The molecule has 0 aliphatic heterocycles. The van der Waals surface area contributed by atoms with Crippen molar-refractivity contribution >= 4 is 0 Å². The van der Waals surface area contributed by atoms with Crippen LogP contribution < -0.4 is 5.73 Å². The second kappa shape index (κ2) is 13.7. The number of hydrogen-bond acceptors (Lipinski definition) is 1. The molecule has 92 valence electrons. The molecule has 1 nitrogen and oxygen atoms in total. The van der Waals surface area contributed by atoms with Crippen LogP contribution in [0.25, 0.3) is 0 Å². The van der Waals surface area contributed by atoms with Crippen LogP contribution in [-0.2, 0) is 0 Å². The summed E-state index contributed by atoms with van der Waals surface area (Å²) in [6, 6.07) is 0. The van der Waals surface area contributed by atoms with Crippen molar-refractivity contribution in [2.24, 2.45) is 11.7 Å². The van der Waals surface area contributed by atoms with Gasteiger partial charge in [0.25, 0.3) is 0 Å². The van der Waals surface area contributed by atoms with Gasteiger partial charge >= 0.3 is 0 Å². The molecule has 0 amide bonds. The first-order valence-electron chi connectivity index (χ1n) is 6.44. The van der Waals surface area contributed by atoms with Crippen LogP contribution >= 0.6 is 0 Å². The SMILES string of the molecule is CCCC/C=C(/C)CC(C)CCC.CN. The van der Waals surface area contributed by atoms with Crippen molar-refractivity contribution in [3.05, 3.63) is 11.6 Å². The van der Waals surface area contributed by atoms with Crippen LogP contribution in [-0.4, -0.2) is 7.05 Å². The zero-order valence-corrected chi connectivity index (χ0v) is 11.5. The fourth-order valence-electron chi connectivity index (χ4n) is 1.78. The highest BCUT2D eigenvalue weighted by atomic mass is 14.4. The third kappa shape index (κ3) is 13.7. The van der Waals surface area contributed by atoms with Gasteiger partial charge in [-0.25, -0.2) is 0 Å². The molecule has 0 aromatic heterocycles. The van der Waals surface area contributed by atoms with E-state index < -0.39 is 0 Å². The summed E-state index contributed by atoms with van der Waals surface area (Å²) in [7, 11) is 1.50. The third-order valence-corrected chi connectivity index (χ3v) is 2.50. The lowest BCUT2D eigenvalue weighted by molar-refractivity contribution is 0.519. The van der Waals surface area contributed by atoms with E-state index in [1.54, 1.807) is 5.57 Å². The monoisotopic (exact) mass is 213 g/mol. The second-order valence-corrected chi connectivity index (χ2v) is 4.29. The Balaban J connectivity index is 0. The molecule has 0 fully saturated rings. The molecule has 0 radical (unpaired) electrons. The van der Waals surface area contributed by atoms with E-state index in [4.69, 9.17) is 0 Å². The van der Waals surface area contributed by atoms with E-state index in [-0.39, 0.29) is 0 Å². The Morgan fingerprint density at radius 1 is 1.20 bits per heavy atom. The minimum Gasteiger partial charge on any atom is -0.333 e. The maximum atomic E-state index is 4.50. The lowest BCUT2D eigenvalue weighted by atomic mass is 9.97. The summed E-state index contributed by atoms with van der Waals surface area (Å²) in [4.78, 5) is 0. The van der Waals surface area contributed by atoms with Crippen molar-refractivity contribution in [2.75, 3.05) is 7.05 Å². The van der Waals surface area contributed by atoms with Gasteiger partial charge in [0.2, 0.25) is 0 Å². The highest BCUT2D eigenvalue weighted by molar-refractivity contribution is 4.98. The first-order valence-corrected chi connectivity index (χ1v) is 6.44. The van der Waals surface area contributed by atoms with Gasteiger partial charge in [-0.15, -0.1) is 0 Å². The minimum atomic E-state index is 0.878. The van der Waals surface area contributed by atoms with Crippen molar-refractivity contribution in [1.29, 1.82) is 0 Å². The Bertz CT molecular complexity index is 138. The minimum absolute atomic E-state index is 0.878. The van der Waals surface area contributed by atoms with Gasteiger partial charge in [-0.1, -0.05) is 58.1 Å². The normalized spacial score (nSPS) is 13.1. The molecule has 1 heteroatoms. The molecule has 0 aliphatic rings. The Morgan fingerprint density at radius 2 is 1.80 bits per heavy atom. The van der Waals surface area contributed by atoms with Crippen LogP contribution in [0.4, 0.5) is 0 Å². The summed E-state index contributed by atoms with van der Waals surface area (Å²) in [5, 5.41) is 0. The van der Waals surface area contributed by atoms with Crippen molar-refractivity contribution in [3.8, 4) is 0 Å². The van der Waals surface area contributed by atoms with Crippen molar-refractivity contribution < 1.29 is 0 Å². The van der Waals surface area contributed by atoms with Gasteiger partial charge in [0.05, 0.1) is 0 Å². The summed E-state index contributed by atoms with van der Waals surface area (Å²) in [5.74, 6) is 0.878. The molecular weight excluding hydrogens is 182 g/mol. The number of nitrogens with two attached hydrogens (primary N) is 1. The number of rotatable bonds is 7. The van der Waals surface area contributed by atoms with Crippen molar-refractivity contribution in [2.45, 2.75) is 66.2 Å². The molecule has 0 heterocycles. The lowest BCUT2D eigenvalue weighted by Gasteiger charge is -2.09. The summed E-state index contributed by atoms with van der Waals surface area (Å²) in [5.41, 5.74) is 6.09. The first kappa shape index (κ1) is 17.1. The van der Waals surface area contributed by atoms with E-state index in [0.717, 1.165) is 5.92 Å². The first-order chi connectivity index (χ1) is 7.20. The number of hydrogen-bond donors (Lipinski definition) is 1. The largest absolute Gasteiger partial charge is 0.333 e. The molecule has 0 saturated heterocycles. The summed E-state index contributed by atoms with van der Waals surface area (Å²) < 4.78 is 0. The predicted octanol–water partition coefficient (Wildman–Crippen LogP) is 4.52. The molecule has 0 aliphatic carbocycles. The van der Waals surface area contributed by atoms with Gasteiger partial charge in [-0.3, -0.25) is 0 Å². The molecule has 0 spiro atoms. The number of allylic oxidation sites excluding steroid dienone is 2. The average molecular weight is 213 g/mol. The number of unbranched alkanes of at least 4 members (excludes halogenated alkanes) is 2. The van der Waals surface area contributed by atoms with Gasteiger partial charge < -0.3 is 5.73 Å². The molecule has 0 saturated carbocycles. The zero-order valence-electron chi connectivity index (χ0n) is 11.5. The fraction of sp³-hybridized carbons (Fsp3) is 0.857. The van der Waals surface area contributed by atoms with Gasteiger partial charge in [0.1, 0.15) is 0 Å². The summed E-state index contributed by atoms with van der Waals surface area (Å²) in [6.45, 7) is 9.16. The van der Waals surface area contributed by atoms with E-state index in [1.807, 2.05) is 0 Å². The van der Waals surface area contributed by atoms with Crippen LogP contribution in [0, 0.1) is 5.92 Å². The quantitative estimate of drug-likeness (QED) is 0.488. The van der Waals surface area contributed by atoms with Crippen LogP contribution in [0.1, 0.15) is 66.2 Å². The predicted molar refractivity (Wildman–Crippen MR) is 72.1 cm³/mol. The van der Waals surface area contributed by atoms with Crippen LogP contribution in [0.5, 0.6) is 0 Å². The van der Waals surface area contributed by atoms with Crippen LogP contribution in [0.15, 0.2) is 11.6 Å². The van der Waals surface area contributed by atoms with Crippen molar-refractivity contribution in [3.63, 3.8) is 0 Å². The zero-order chi connectivity index (χ0) is 12.1. The molecular formula is C14H31N. The van der Waals surface area contributed by atoms with Crippen molar-refractivity contribution in [1.82, 2.24) is 0 Å². The summed E-state index contributed by atoms with van der Waals surface area (Å²) >= 11 is 0. The maximum Gasteiger partial charge on any atom is -0.0195 e. The molecule has 0 rings (SSSR count). The van der Waals surface area contributed by atoms with E-state index >= 15 is 0 Å². The molecule has 2 N–H and O–H groups in total. The van der Waals surface area contributed by atoms with Gasteiger partial charge in [0, 0.05) is 0 Å². The molecule has 15 heavy (non-hydrogen) atoms. The standard InChI is InChI=1S/C13H26.CH5N/c1-5-7-8-10-13(4)11-12(3)9-6-2;1-2/h10,12H,5-9,11H2,1-4H3;2H2,1H3/b13-10-;. The molecule has 0 bridgehead atoms. The van der Waals surface area contributed by atoms with Crippen LogP contribution in [0.2, 0.25) is 0 Å². The third-order valence-electron chi connectivity index (χ3n) is 2.50. The molecule has 1 atom stereocenters. The molecule has 1 unspecified atom stereocenters. The Kier molecular flexibility index (Phi) is 15.6. The lowest BCUT2D eigenvalue weighted by Crippen LogP contribution is -1.94. The van der Waals surface area contributed by atoms with Crippen LogP contribution in [0.3, 0.4) is 0 Å². The molecule has 0 aromatic rings. The second-order valence-electron chi connectivity index (χ2n) is 4.29. The van der Waals surface area contributed by atoms with Gasteiger partial charge in [-0.2, -0.15) is 0 Å². The fourth-order valence-corrected chi connectivity index (χ4v) is 1.78. The highest BCUT2D eigenvalue weighted by Gasteiger charge is 2.00. The Hall–Kier alpha value is -0.300. The topological polar surface area (TPSA) is 26.0 Å². The highest BCUT2D eigenvalue weighted by Crippen LogP contribution is 2.16. The summed E-state index contributed by atoms with van der Waals surface area (Å²) in [6.07, 6.45) is 10.4. The van der Waals surface area contributed by atoms with Gasteiger partial charge in [0.15, 0.2) is 0 Å². The van der Waals surface area contributed by atoms with E-state index in [2.05, 4.69) is 39.5 Å². The smallest absolute Gasteiger partial charge is 0.0195 e. The Labute approximate surface area is 97.1 Å². The van der Waals surface area contributed by atoms with E-state index in [1.165, 1.54) is 45.6 Å².